The Hall–Kier alpha value is -1.14. The molecule has 8 heteroatoms. The Morgan fingerprint density at radius 1 is 1.43 bits per heavy atom. The Labute approximate surface area is 135 Å². The molecule has 0 aromatic carbocycles. The van der Waals surface area contributed by atoms with Gasteiger partial charge in [-0.05, 0) is 25.2 Å². The summed E-state index contributed by atoms with van der Waals surface area (Å²) in [5.74, 6) is 0.637. The van der Waals surface area contributed by atoms with Gasteiger partial charge in [-0.15, -0.1) is 0 Å². The van der Waals surface area contributed by atoms with Gasteiger partial charge in [0.15, 0.2) is 0 Å². The average molecular weight is 341 g/mol. The Kier molecular flexibility index (Phi) is 3.96. The van der Waals surface area contributed by atoms with E-state index < -0.39 is 19.3 Å². The molecule has 0 radical (unpaired) electrons. The third-order valence-electron chi connectivity index (χ3n) is 5.30. The molecule has 4 N–H and O–H groups in total. The largest absolute Gasteiger partial charge is 0.383 e. The zero-order valence-electron chi connectivity index (χ0n) is 13.6. The van der Waals surface area contributed by atoms with Crippen LogP contribution in [0.25, 0.3) is 0 Å². The lowest BCUT2D eigenvalue weighted by Crippen LogP contribution is -2.30. The van der Waals surface area contributed by atoms with Gasteiger partial charge in [-0.1, -0.05) is 20.1 Å². The van der Waals surface area contributed by atoms with Gasteiger partial charge in [-0.2, -0.15) is 4.98 Å². The molecule has 1 saturated heterocycles. The first-order chi connectivity index (χ1) is 10.6. The molecule has 0 spiro atoms. The van der Waals surface area contributed by atoms with E-state index in [-0.39, 0.29) is 35.3 Å². The second-order valence-corrected chi connectivity index (χ2v) is 9.20. The van der Waals surface area contributed by atoms with E-state index in [0.717, 1.165) is 5.56 Å². The van der Waals surface area contributed by atoms with Crippen LogP contribution in [0.5, 0.6) is 0 Å². The van der Waals surface area contributed by atoms with Crippen LogP contribution in [0.2, 0.25) is 0 Å². The molecule has 2 aliphatic rings. The van der Waals surface area contributed by atoms with Gasteiger partial charge >= 0.3 is 5.69 Å². The van der Waals surface area contributed by atoms with Crippen LogP contribution >= 0.6 is 7.34 Å². The van der Waals surface area contributed by atoms with Crippen LogP contribution in [0.1, 0.15) is 32.1 Å². The van der Waals surface area contributed by atoms with Crippen LogP contribution in [-0.2, 0) is 4.74 Å². The SMILES string of the molecule is C=P(O)(O)C1CC1C1OC(n2cc(C)c(N)nc2=O)C(C)C1C. The lowest BCUT2D eigenvalue weighted by Gasteiger charge is -2.19. The Morgan fingerprint density at radius 3 is 2.65 bits per heavy atom. The molecule has 128 valence electrons. The summed E-state index contributed by atoms with van der Waals surface area (Å²) in [6.45, 7) is 5.91. The fourth-order valence-electron chi connectivity index (χ4n) is 3.57. The van der Waals surface area contributed by atoms with E-state index >= 15 is 0 Å². The molecule has 1 aromatic rings. The molecule has 0 amide bonds. The summed E-state index contributed by atoms with van der Waals surface area (Å²) in [6, 6.07) is 0. The van der Waals surface area contributed by atoms with Crippen molar-refractivity contribution < 1.29 is 14.5 Å². The van der Waals surface area contributed by atoms with Gasteiger partial charge < -0.3 is 20.3 Å². The Morgan fingerprint density at radius 2 is 2.09 bits per heavy atom. The maximum atomic E-state index is 12.2. The smallest absolute Gasteiger partial charge is 0.351 e. The van der Waals surface area contributed by atoms with Crippen LogP contribution in [0.3, 0.4) is 0 Å². The van der Waals surface area contributed by atoms with Crippen molar-refractivity contribution >= 4 is 19.5 Å². The van der Waals surface area contributed by atoms with Crippen LogP contribution in [0, 0.1) is 24.7 Å². The summed E-state index contributed by atoms with van der Waals surface area (Å²) in [6.07, 6.45) is 5.38. The minimum absolute atomic E-state index is 0.0943. The van der Waals surface area contributed by atoms with Gasteiger partial charge in [0.2, 0.25) is 0 Å². The number of anilines is 1. The summed E-state index contributed by atoms with van der Waals surface area (Å²) in [4.78, 5) is 35.5. The fourth-order valence-corrected chi connectivity index (χ4v) is 4.93. The maximum Gasteiger partial charge on any atom is 0.351 e. The predicted octanol–water partition coefficient (Wildman–Crippen LogP) is 0.956. The minimum Gasteiger partial charge on any atom is -0.383 e. The first kappa shape index (κ1) is 16.7. The molecule has 2 heterocycles. The number of ether oxygens (including phenoxy) is 1. The first-order valence-electron chi connectivity index (χ1n) is 7.80. The minimum atomic E-state index is -3.07. The monoisotopic (exact) mass is 341 g/mol. The predicted molar refractivity (Wildman–Crippen MR) is 90.3 cm³/mol. The number of hydrogen-bond acceptors (Lipinski definition) is 6. The molecule has 1 saturated carbocycles. The van der Waals surface area contributed by atoms with Gasteiger partial charge in [-0.25, -0.2) is 4.79 Å². The van der Waals surface area contributed by atoms with E-state index in [2.05, 4.69) is 18.2 Å². The van der Waals surface area contributed by atoms with E-state index in [4.69, 9.17) is 10.5 Å². The van der Waals surface area contributed by atoms with Crippen molar-refractivity contribution in [2.24, 2.45) is 17.8 Å². The lowest BCUT2D eigenvalue weighted by atomic mass is 9.90. The zero-order chi connectivity index (χ0) is 17.1. The third kappa shape index (κ3) is 2.87. The van der Waals surface area contributed by atoms with Crippen LogP contribution in [0.4, 0.5) is 5.82 Å². The molecule has 1 aromatic heterocycles. The molecule has 6 atom stereocenters. The van der Waals surface area contributed by atoms with Crippen LogP contribution in [0.15, 0.2) is 11.0 Å². The van der Waals surface area contributed by atoms with Crippen molar-refractivity contribution in [3.05, 3.63) is 22.2 Å². The number of nitrogens with zero attached hydrogens (tertiary/aromatic N) is 2. The van der Waals surface area contributed by atoms with E-state index in [1.807, 2.05) is 6.92 Å². The molecule has 3 rings (SSSR count). The second-order valence-electron chi connectivity index (χ2n) is 6.96. The standard InChI is InChI=1S/C15H24N3O4P/c1-7-6-18(15(19)17-13(7)16)14-9(3)8(2)12(22-14)10-5-11(10)23(4,20)21/h6,8-12,14,20-21H,4-5H2,1-3H3,(H2,16,17,19). The number of rotatable bonds is 3. The van der Waals surface area contributed by atoms with Gasteiger partial charge in [0.1, 0.15) is 19.4 Å². The van der Waals surface area contributed by atoms with E-state index in [0.29, 0.717) is 6.42 Å². The topological polar surface area (TPSA) is 111 Å². The van der Waals surface area contributed by atoms with Crippen molar-refractivity contribution in [2.45, 2.75) is 45.2 Å². The van der Waals surface area contributed by atoms with E-state index in [1.54, 1.807) is 13.1 Å². The quantitative estimate of drug-likeness (QED) is 0.706. The third-order valence-corrected chi connectivity index (χ3v) is 6.96. The molecule has 1 aliphatic heterocycles. The number of nitrogens with two attached hydrogens (primary N) is 1. The lowest BCUT2D eigenvalue weighted by molar-refractivity contribution is -0.0248. The highest BCUT2D eigenvalue weighted by Gasteiger charge is 2.55. The zero-order valence-corrected chi connectivity index (χ0v) is 14.5. The molecule has 23 heavy (non-hydrogen) atoms. The number of nitrogen functional groups attached to an aromatic ring is 1. The summed E-state index contributed by atoms with van der Waals surface area (Å²) in [5, 5.41) is 0. The molecule has 7 nitrogen and oxygen atoms in total. The highest BCUT2D eigenvalue weighted by molar-refractivity contribution is 7.63. The van der Waals surface area contributed by atoms with Gasteiger partial charge in [0, 0.05) is 23.3 Å². The van der Waals surface area contributed by atoms with Crippen molar-refractivity contribution in [3.8, 4) is 0 Å². The van der Waals surface area contributed by atoms with E-state index in [1.165, 1.54) is 4.57 Å². The van der Waals surface area contributed by atoms with Crippen molar-refractivity contribution in [2.75, 3.05) is 5.73 Å². The van der Waals surface area contributed by atoms with Gasteiger partial charge in [-0.3, -0.25) is 4.57 Å². The Bertz CT molecular complexity index is 728. The summed E-state index contributed by atoms with van der Waals surface area (Å²) in [7, 11) is -3.07. The summed E-state index contributed by atoms with van der Waals surface area (Å²) >= 11 is 0. The molecular weight excluding hydrogens is 317 g/mol. The first-order valence-corrected chi connectivity index (χ1v) is 9.75. The van der Waals surface area contributed by atoms with Crippen molar-refractivity contribution in [1.29, 1.82) is 0 Å². The van der Waals surface area contributed by atoms with Crippen molar-refractivity contribution in [3.63, 3.8) is 0 Å². The normalized spacial score (nSPS) is 37.1. The average Bonchev–Trinajstić information content (AvgIpc) is 3.19. The fraction of sp³-hybridized carbons (Fsp3) is 0.667. The Balaban J connectivity index is 1.85. The highest BCUT2D eigenvalue weighted by Crippen LogP contribution is 2.62. The highest BCUT2D eigenvalue weighted by atomic mass is 31.2. The van der Waals surface area contributed by atoms with Crippen molar-refractivity contribution in [1.82, 2.24) is 9.55 Å². The number of aryl methyl sites for hydroxylation is 1. The van der Waals surface area contributed by atoms with Gasteiger partial charge in [0.25, 0.3) is 0 Å². The van der Waals surface area contributed by atoms with Crippen LogP contribution in [-0.4, -0.2) is 37.4 Å². The second kappa shape index (κ2) is 5.45. The number of hydrogen-bond donors (Lipinski definition) is 3. The maximum absolute atomic E-state index is 12.2. The molecule has 0 bridgehead atoms. The molecule has 6 unspecified atom stereocenters. The molecular formula is C15H24N3O4P. The number of aromatic nitrogens is 2. The van der Waals surface area contributed by atoms with E-state index in [9.17, 15) is 14.6 Å². The summed E-state index contributed by atoms with van der Waals surface area (Å²) in [5.41, 5.74) is 5.81. The molecule has 1 aliphatic carbocycles. The van der Waals surface area contributed by atoms with Gasteiger partial charge in [0.05, 0.1) is 6.10 Å². The molecule has 2 fully saturated rings. The summed E-state index contributed by atoms with van der Waals surface area (Å²) < 4.78 is 7.64. The van der Waals surface area contributed by atoms with Crippen LogP contribution < -0.4 is 11.4 Å².